The quantitative estimate of drug-likeness (QED) is 0.842. The van der Waals surface area contributed by atoms with Gasteiger partial charge in [-0.05, 0) is 31.4 Å². The Morgan fingerprint density at radius 3 is 2.71 bits per heavy atom. The van der Waals surface area contributed by atoms with Gasteiger partial charge in [0.15, 0.2) is 0 Å². The van der Waals surface area contributed by atoms with Gasteiger partial charge in [0.2, 0.25) is 0 Å². The van der Waals surface area contributed by atoms with Crippen molar-refractivity contribution in [1.29, 1.82) is 0 Å². The minimum atomic E-state index is -4.37. The Kier molecular flexibility index (Phi) is 3.24. The number of hydrogen-bond acceptors (Lipinski definition) is 3. The van der Waals surface area contributed by atoms with Crippen molar-refractivity contribution in [3.05, 3.63) is 23.9 Å². The minimum absolute atomic E-state index is 0.158. The van der Waals surface area contributed by atoms with Crippen molar-refractivity contribution in [2.45, 2.75) is 37.6 Å². The summed E-state index contributed by atoms with van der Waals surface area (Å²) in [6.07, 6.45) is -1.46. The standard InChI is InChI=1S/C11H13F3N2O/c12-11(13,14)7-4-5-15-10(6-7)16-8-2-1-3-9(8)17/h4-6,8-9,17H,1-3H2,(H,15,16)/t8-,9-/m1/s1. The summed E-state index contributed by atoms with van der Waals surface area (Å²) in [5, 5.41) is 12.4. The van der Waals surface area contributed by atoms with Crippen LogP contribution in [0.5, 0.6) is 0 Å². The lowest BCUT2D eigenvalue weighted by molar-refractivity contribution is -0.137. The molecule has 17 heavy (non-hydrogen) atoms. The monoisotopic (exact) mass is 246 g/mol. The zero-order valence-corrected chi connectivity index (χ0v) is 9.04. The Balaban J connectivity index is 2.11. The Bertz CT molecular complexity index is 395. The molecule has 1 fully saturated rings. The van der Waals surface area contributed by atoms with Crippen LogP contribution in [0.2, 0.25) is 0 Å². The second kappa shape index (κ2) is 4.52. The lowest BCUT2D eigenvalue weighted by atomic mass is 10.2. The maximum Gasteiger partial charge on any atom is 0.416 e. The molecule has 6 heteroatoms. The van der Waals surface area contributed by atoms with Gasteiger partial charge in [0.05, 0.1) is 17.7 Å². The molecule has 0 unspecified atom stereocenters. The topological polar surface area (TPSA) is 45.1 Å². The van der Waals surface area contributed by atoms with E-state index in [4.69, 9.17) is 0 Å². The highest BCUT2D eigenvalue weighted by Gasteiger charge is 2.31. The Morgan fingerprint density at radius 2 is 2.12 bits per heavy atom. The third-order valence-electron chi connectivity index (χ3n) is 2.90. The molecule has 0 saturated heterocycles. The molecule has 1 saturated carbocycles. The Labute approximate surface area is 96.7 Å². The highest BCUT2D eigenvalue weighted by Crippen LogP contribution is 2.30. The molecule has 0 bridgehead atoms. The number of pyridine rings is 1. The predicted octanol–water partition coefficient (Wildman–Crippen LogP) is 2.43. The van der Waals surface area contributed by atoms with E-state index in [1.165, 1.54) is 0 Å². The van der Waals surface area contributed by atoms with Crippen molar-refractivity contribution >= 4 is 5.82 Å². The molecule has 0 amide bonds. The van der Waals surface area contributed by atoms with Crippen molar-refractivity contribution in [1.82, 2.24) is 4.98 Å². The molecule has 1 heterocycles. The number of halogens is 3. The van der Waals surface area contributed by atoms with E-state index in [1.807, 2.05) is 0 Å². The summed E-state index contributed by atoms with van der Waals surface area (Å²) in [6, 6.07) is 1.69. The molecule has 1 aromatic rings. The van der Waals surface area contributed by atoms with Gasteiger partial charge < -0.3 is 10.4 Å². The van der Waals surface area contributed by atoms with E-state index >= 15 is 0 Å². The van der Waals surface area contributed by atoms with Crippen molar-refractivity contribution in [2.75, 3.05) is 5.32 Å². The van der Waals surface area contributed by atoms with Crippen LogP contribution >= 0.6 is 0 Å². The van der Waals surface area contributed by atoms with Gasteiger partial charge in [0.1, 0.15) is 5.82 Å². The second-order valence-electron chi connectivity index (χ2n) is 4.18. The smallest absolute Gasteiger partial charge is 0.391 e. The summed E-state index contributed by atoms with van der Waals surface area (Å²) < 4.78 is 37.4. The van der Waals surface area contributed by atoms with Crippen LogP contribution in [-0.2, 0) is 6.18 Å². The maximum atomic E-state index is 12.5. The summed E-state index contributed by atoms with van der Waals surface area (Å²) in [5.74, 6) is 0.158. The molecule has 1 aliphatic rings. The molecule has 1 aliphatic carbocycles. The van der Waals surface area contributed by atoms with Crippen molar-refractivity contribution in [2.24, 2.45) is 0 Å². The molecule has 0 aromatic carbocycles. The van der Waals surface area contributed by atoms with Crippen LogP contribution in [-0.4, -0.2) is 22.2 Å². The van der Waals surface area contributed by atoms with Crippen molar-refractivity contribution in [3.63, 3.8) is 0 Å². The Hall–Kier alpha value is -1.30. The predicted molar refractivity (Wildman–Crippen MR) is 56.5 cm³/mol. The fraction of sp³-hybridized carbons (Fsp3) is 0.545. The number of rotatable bonds is 2. The molecular formula is C11H13F3N2O. The van der Waals surface area contributed by atoms with Gasteiger partial charge in [-0.15, -0.1) is 0 Å². The van der Waals surface area contributed by atoms with E-state index in [0.717, 1.165) is 31.2 Å². The number of anilines is 1. The number of aliphatic hydroxyl groups is 1. The van der Waals surface area contributed by atoms with Gasteiger partial charge in [0.25, 0.3) is 0 Å². The first-order valence-electron chi connectivity index (χ1n) is 5.44. The highest BCUT2D eigenvalue weighted by atomic mass is 19.4. The SMILES string of the molecule is O[C@@H]1CCC[C@H]1Nc1cc(C(F)(F)F)ccn1. The van der Waals surface area contributed by atoms with Gasteiger partial charge in [-0.25, -0.2) is 4.98 Å². The molecule has 0 aliphatic heterocycles. The zero-order chi connectivity index (χ0) is 12.5. The molecular weight excluding hydrogens is 233 g/mol. The van der Waals surface area contributed by atoms with Gasteiger partial charge in [-0.2, -0.15) is 13.2 Å². The van der Waals surface area contributed by atoms with Crippen LogP contribution in [0.4, 0.5) is 19.0 Å². The second-order valence-corrected chi connectivity index (χ2v) is 4.18. The van der Waals surface area contributed by atoms with Crippen LogP contribution in [0.15, 0.2) is 18.3 Å². The average molecular weight is 246 g/mol. The van der Waals surface area contributed by atoms with E-state index in [2.05, 4.69) is 10.3 Å². The summed E-state index contributed by atoms with van der Waals surface area (Å²) in [4.78, 5) is 3.83. The van der Waals surface area contributed by atoms with E-state index in [1.54, 1.807) is 0 Å². The number of aliphatic hydroxyl groups excluding tert-OH is 1. The van der Waals surface area contributed by atoms with Crippen LogP contribution in [0, 0.1) is 0 Å². The van der Waals surface area contributed by atoms with Gasteiger partial charge in [-0.1, -0.05) is 0 Å². The van der Waals surface area contributed by atoms with E-state index in [9.17, 15) is 18.3 Å². The van der Waals surface area contributed by atoms with Crippen LogP contribution in [0.25, 0.3) is 0 Å². The number of alkyl halides is 3. The molecule has 2 atom stereocenters. The fourth-order valence-corrected chi connectivity index (χ4v) is 1.98. The minimum Gasteiger partial charge on any atom is -0.391 e. The number of nitrogens with zero attached hydrogens (tertiary/aromatic N) is 1. The number of nitrogens with one attached hydrogen (secondary N) is 1. The largest absolute Gasteiger partial charge is 0.416 e. The normalized spacial score (nSPS) is 24.9. The lowest BCUT2D eigenvalue weighted by Gasteiger charge is -2.17. The zero-order valence-electron chi connectivity index (χ0n) is 9.04. The summed E-state index contributed by atoms with van der Waals surface area (Å²) in [7, 11) is 0. The van der Waals surface area contributed by atoms with Gasteiger partial charge >= 0.3 is 6.18 Å². The third kappa shape index (κ3) is 2.88. The highest BCUT2D eigenvalue weighted by molar-refractivity contribution is 5.40. The molecule has 0 radical (unpaired) electrons. The first kappa shape index (κ1) is 12.2. The first-order chi connectivity index (χ1) is 7.97. The molecule has 94 valence electrons. The molecule has 2 N–H and O–H groups in total. The average Bonchev–Trinajstić information content (AvgIpc) is 2.64. The molecule has 0 spiro atoms. The molecule has 1 aromatic heterocycles. The lowest BCUT2D eigenvalue weighted by Crippen LogP contribution is -2.28. The number of hydrogen-bond donors (Lipinski definition) is 2. The van der Waals surface area contributed by atoms with Gasteiger partial charge in [0, 0.05) is 6.20 Å². The summed E-state index contributed by atoms with van der Waals surface area (Å²) in [6.45, 7) is 0. The van der Waals surface area contributed by atoms with Gasteiger partial charge in [-0.3, -0.25) is 0 Å². The van der Waals surface area contributed by atoms with Crippen molar-refractivity contribution < 1.29 is 18.3 Å². The third-order valence-corrected chi connectivity index (χ3v) is 2.90. The van der Waals surface area contributed by atoms with E-state index in [0.29, 0.717) is 6.42 Å². The van der Waals surface area contributed by atoms with Crippen molar-refractivity contribution in [3.8, 4) is 0 Å². The molecule has 2 rings (SSSR count). The maximum absolute atomic E-state index is 12.5. The summed E-state index contributed by atoms with van der Waals surface area (Å²) >= 11 is 0. The molecule has 3 nitrogen and oxygen atoms in total. The van der Waals surface area contributed by atoms with Crippen LogP contribution < -0.4 is 5.32 Å². The first-order valence-corrected chi connectivity index (χ1v) is 5.44. The Morgan fingerprint density at radius 1 is 1.35 bits per heavy atom. The number of aromatic nitrogens is 1. The summed E-state index contributed by atoms with van der Waals surface area (Å²) in [5.41, 5.74) is -0.734. The van der Waals surface area contributed by atoms with Crippen LogP contribution in [0.1, 0.15) is 24.8 Å². The van der Waals surface area contributed by atoms with E-state index in [-0.39, 0.29) is 11.9 Å². The van der Waals surface area contributed by atoms with E-state index < -0.39 is 17.8 Å². The van der Waals surface area contributed by atoms with Crippen LogP contribution in [0.3, 0.4) is 0 Å². The fourth-order valence-electron chi connectivity index (χ4n) is 1.98.